The largest absolute Gasteiger partial charge is 0.434 e. The molecule has 5 nitrogen and oxygen atoms in total. The number of halogens is 3. The maximum atomic E-state index is 12.3. The summed E-state index contributed by atoms with van der Waals surface area (Å²) in [5.74, 6) is -0.122. The molecule has 0 unspecified atom stereocenters. The minimum Gasteiger partial charge on any atom is -0.434 e. The molecule has 2 aromatic rings. The van der Waals surface area contributed by atoms with Crippen LogP contribution < -0.4 is 4.74 Å². The molecule has 0 radical (unpaired) electrons. The number of hydrogen-bond donors (Lipinski definition) is 1. The van der Waals surface area contributed by atoms with E-state index in [-0.39, 0.29) is 22.7 Å². The van der Waals surface area contributed by atoms with Gasteiger partial charge in [0.25, 0.3) is 0 Å². The summed E-state index contributed by atoms with van der Waals surface area (Å²) in [6, 6.07) is 4.05. The Labute approximate surface area is 105 Å². The van der Waals surface area contributed by atoms with Crippen LogP contribution in [0.2, 0.25) is 5.02 Å². The zero-order chi connectivity index (χ0) is 13.1. The Hall–Kier alpha value is -2.02. The van der Waals surface area contributed by atoms with Crippen molar-refractivity contribution in [1.29, 1.82) is 0 Å². The van der Waals surface area contributed by atoms with Gasteiger partial charge in [-0.25, -0.2) is 0 Å². The minimum absolute atomic E-state index is 0.0172. The number of H-pyrrole nitrogens is 1. The smallest absolute Gasteiger partial charge is 0.387 e. The zero-order valence-electron chi connectivity index (χ0n) is 8.73. The summed E-state index contributed by atoms with van der Waals surface area (Å²) in [7, 11) is 0. The molecule has 1 aromatic heterocycles. The minimum atomic E-state index is -2.99. The second-order valence-corrected chi connectivity index (χ2v) is 3.68. The van der Waals surface area contributed by atoms with E-state index in [1.807, 2.05) is 0 Å². The second kappa shape index (κ2) is 5.09. The average Bonchev–Trinajstić information content (AvgIpc) is 2.79. The van der Waals surface area contributed by atoms with E-state index in [9.17, 15) is 13.7 Å². The highest BCUT2D eigenvalue weighted by molar-refractivity contribution is 6.31. The molecule has 0 amide bonds. The van der Waals surface area contributed by atoms with Gasteiger partial charge >= 0.3 is 6.61 Å². The van der Waals surface area contributed by atoms with E-state index in [0.717, 1.165) is 0 Å². The van der Waals surface area contributed by atoms with Crippen molar-refractivity contribution in [2.45, 2.75) is 6.61 Å². The summed E-state index contributed by atoms with van der Waals surface area (Å²) in [5.41, 5.74) is 0.342. The number of hydrogen-bond acceptors (Lipinski definition) is 4. The van der Waals surface area contributed by atoms with Crippen molar-refractivity contribution < 1.29 is 13.5 Å². The molecule has 0 spiro atoms. The number of rotatable bonds is 4. The molecule has 0 aliphatic carbocycles. The molecule has 0 aliphatic heterocycles. The standard InChI is InChI=1S/C10H6ClF2N3O2/c11-5-1-2-8(18-10(12)13)6(3-5)9-7(16-17)4-14-15-9/h1-4,10H,(H,14,15). The van der Waals surface area contributed by atoms with Gasteiger partial charge in [-0.15, -0.1) is 4.91 Å². The molecule has 94 valence electrons. The van der Waals surface area contributed by atoms with Gasteiger partial charge in [0, 0.05) is 10.6 Å². The summed E-state index contributed by atoms with van der Waals surface area (Å²) in [6.07, 6.45) is 1.18. The first-order chi connectivity index (χ1) is 8.61. The van der Waals surface area contributed by atoms with Crippen LogP contribution in [0.15, 0.2) is 29.6 Å². The van der Waals surface area contributed by atoms with E-state index in [1.165, 1.54) is 24.4 Å². The molecule has 18 heavy (non-hydrogen) atoms. The van der Waals surface area contributed by atoms with Crippen LogP contribution in [0.3, 0.4) is 0 Å². The van der Waals surface area contributed by atoms with Crippen LogP contribution in [0.5, 0.6) is 5.75 Å². The summed E-state index contributed by atoms with van der Waals surface area (Å²) in [5, 5.41) is 9.13. The van der Waals surface area contributed by atoms with Gasteiger partial charge in [-0.3, -0.25) is 5.10 Å². The summed E-state index contributed by atoms with van der Waals surface area (Å²) < 4.78 is 28.9. The lowest BCUT2D eigenvalue weighted by Gasteiger charge is -2.09. The first-order valence-electron chi connectivity index (χ1n) is 4.73. The maximum absolute atomic E-state index is 12.3. The van der Waals surface area contributed by atoms with Crippen molar-refractivity contribution >= 4 is 17.3 Å². The Morgan fingerprint density at radius 2 is 2.22 bits per heavy atom. The van der Waals surface area contributed by atoms with Crippen LogP contribution in [-0.4, -0.2) is 16.8 Å². The fourth-order valence-electron chi connectivity index (χ4n) is 1.44. The van der Waals surface area contributed by atoms with Crippen LogP contribution in [0.25, 0.3) is 11.3 Å². The van der Waals surface area contributed by atoms with Gasteiger partial charge in [0.2, 0.25) is 0 Å². The summed E-state index contributed by atoms with van der Waals surface area (Å²) in [6.45, 7) is -2.99. The molecular weight excluding hydrogens is 268 g/mol. The first-order valence-corrected chi connectivity index (χ1v) is 5.11. The van der Waals surface area contributed by atoms with Crippen LogP contribution in [0.1, 0.15) is 0 Å². The number of aromatic amines is 1. The van der Waals surface area contributed by atoms with Crippen LogP contribution in [-0.2, 0) is 0 Å². The molecule has 0 aliphatic rings. The fraction of sp³-hybridized carbons (Fsp3) is 0.100. The highest BCUT2D eigenvalue weighted by Crippen LogP contribution is 2.37. The highest BCUT2D eigenvalue weighted by Gasteiger charge is 2.16. The van der Waals surface area contributed by atoms with Crippen LogP contribution in [0, 0.1) is 4.91 Å². The van der Waals surface area contributed by atoms with E-state index in [4.69, 9.17) is 11.6 Å². The Morgan fingerprint density at radius 3 is 2.89 bits per heavy atom. The number of nitroso groups, excluding NO2 is 1. The molecule has 0 bridgehead atoms. The quantitative estimate of drug-likeness (QED) is 0.863. The molecule has 1 aromatic carbocycles. The number of alkyl halides is 2. The number of nitrogens with one attached hydrogen (secondary N) is 1. The predicted octanol–water partition coefficient (Wildman–Crippen LogP) is 3.73. The monoisotopic (exact) mass is 273 g/mol. The first kappa shape index (κ1) is 12.4. The Bertz CT molecular complexity index is 574. The van der Waals surface area contributed by atoms with Crippen molar-refractivity contribution in [3.63, 3.8) is 0 Å². The van der Waals surface area contributed by atoms with Crippen molar-refractivity contribution in [1.82, 2.24) is 10.2 Å². The van der Waals surface area contributed by atoms with Gasteiger partial charge in [0.1, 0.15) is 5.75 Å². The van der Waals surface area contributed by atoms with Gasteiger partial charge in [0.15, 0.2) is 5.69 Å². The predicted molar refractivity (Wildman–Crippen MR) is 61.1 cm³/mol. The van der Waals surface area contributed by atoms with Gasteiger partial charge in [0.05, 0.1) is 11.9 Å². The Kier molecular flexibility index (Phi) is 3.52. The average molecular weight is 274 g/mol. The van der Waals surface area contributed by atoms with E-state index in [1.54, 1.807) is 0 Å². The van der Waals surface area contributed by atoms with Gasteiger partial charge in [-0.2, -0.15) is 13.9 Å². The Morgan fingerprint density at radius 1 is 1.44 bits per heavy atom. The third-order valence-electron chi connectivity index (χ3n) is 2.14. The topological polar surface area (TPSA) is 67.3 Å². The molecule has 1 N–H and O–H groups in total. The third-order valence-corrected chi connectivity index (χ3v) is 2.38. The van der Waals surface area contributed by atoms with Crippen molar-refractivity contribution in [3.8, 4) is 17.0 Å². The second-order valence-electron chi connectivity index (χ2n) is 3.24. The van der Waals surface area contributed by atoms with Gasteiger partial charge in [-0.1, -0.05) is 11.6 Å². The maximum Gasteiger partial charge on any atom is 0.387 e. The SMILES string of the molecule is O=Nc1cn[nH]c1-c1cc(Cl)ccc1OC(F)F. The molecule has 0 atom stereocenters. The number of aromatic nitrogens is 2. The van der Waals surface area contributed by atoms with Crippen molar-refractivity contribution in [3.05, 3.63) is 34.3 Å². The highest BCUT2D eigenvalue weighted by atomic mass is 35.5. The lowest BCUT2D eigenvalue weighted by Crippen LogP contribution is -2.03. The summed E-state index contributed by atoms with van der Waals surface area (Å²) >= 11 is 5.78. The molecule has 0 saturated heterocycles. The van der Waals surface area contributed by atoms with Crippen LogP contribution in [0.4, 0.5) is 14.5 Å². The molecule has 1 heterocycles. The number of benzene rings is 1. The number of ether oxygens (including phenoxy) is 1. The Balaban J connectivity index is 2.54. The zero-order valence-corrected chi connectivity index (χ0v) is 9.49. The molecule has 0 fully saturated rings. The fourth-order valence-corrected chi connectivity index (χ4v) is 1.62. The van der Waals surface area contributed by atoms with Crippen LogP contribution >= 0.6 is 11.6 Å². The third kappa shape index (κ3) is 2.45. The summed E-state index contributed by atoms with van der Waals surface area (Å²) in [4.78, 5) is 10.5. The van der Waals surface area contributed by atoms with Crippen molar-refractivity contribution in [2.75, 3.05) is 0 Å². The van der Waals surface area contributed by atoms with E-state index in [2.05, 4.69) is 20.1 Å². The number of nitrogens with zero attached hydrogens (tertiary/aromatic N) is 2. The normalized spacial score (nSPS) is 10.7. The van der Waals surface area contributed by atoms with Gasteiger partial charge in [-0.05, 0) is 23.4 Å². The molecule has 8 heteroatoms. The molecular formula is C10H6ClF2N3O2. The molecule has 2 rings (SSSR count). The lowest BCUT2D eigenvalue weighted by atomic mass is 10.1. The van der Waals surface area contributed by atoms with E-state index < -0.39 is 6.61 Å². The van der Waals surface area contributed by atoms with E-state index >= 15 is 0 Å². The van der Waals surface area contributed by atoms with Crippen molar-refractivity contribution in [2.24, 2.45) is 5.18 Å². The van der Waals surface area contributed by atoms with Gasteiger partial charge < -0.3 is 4.74 Å². The lowest BCUT2D eigenvalue weighted by molar-refractivity contribution is -0.0494. The van der Waals surface area contributed by atoms with E-state index in [0.29, 0.717) is 5.02 Å². The molecule has 0 saturated carbocycles.